The van der Waals surface area contributed by atoms with E-state index in [9.17, 15) is 14.9 Å². The van der Waals surface area contributed by atoms with Gasteiger partial charge in [0.2, 0.25) is 5.69 Å². The lowest BCUT2D eigenvalue weighted by Gasteiger charge is -2.38. The number of benzene rings is 1. The van der Waals surface area contributed by atoms with Gasteiger partial charge in [-0.2, -0.15) is 5.10 Å². The summed E-state index contributed by atoms with van der Waals surface area (Å²) in [4.78, 5) is 25.2. The zero-order valence-corrected chi connectivity index (χ0v) is 13.4. The maximum absolute atomic E-state index is 13.0. The summed E-state index contributed by atoms with van der Waals surface area (Å²) >= 11 is 0. The highest BCUT2D eigenvalue weighted by Crippen LogP contribution is 2.30. The van der Waals surface area contributed by atoms with Crippen molar-refractivity contribution in [2.24, 2.45) is 0 Å². The number of aromatic amines is 1. The number of ether oxygens (including phenoxy) is 1. The van der Waals surface area contributed by atoms with Crippen LogP contribution in [0.5, 0.6) is 0 Å². The van der Waals surface area contributed by atoms with Crippen LogP contribution in [0.1, 0.15) is 34.7 Å². The average molecular weight is 330 g/mol. The molecule has 2 unspecified atom stereocenters. The summed E-state index contributed by atoms with van der Waals surface area (Å²) in [6.45, 7) is 4.08. The van der Waals surface area contributed by atoms with Gasteiger partial charge in [0.05, 0.1) is 23.7 Å². The number of carbonyl (C=O) groups excluding carboxylic acids is 1. The number of carbonyl (C=O) groups is 1. The van der Waals surface area contributed by atoms with Gasteiger partial charge in [-0.3, -0.25) is 20.0 Å². The molecule has 0 saturated carbocycles. The molecule has 1 fully saturated rings. The van der Waals surface area contributed by atoms with Gasteiger partial charge in [0.25, 0.3) is 5.91 Å². The first-order valence-corrected chi connectivity index (χ1v) is 7.66. The molecule has 1 amide bonds. The van der Waals surface area contributed by atoms with Crippen LogP contribution in [-0.2, 0) is 4.74 Å². The normalized spacial score (nSPS) is 20.8. The second-order valence-corrected chi connectivity index (χ2v) is 5.83. The van der Waals surface area contributed by atoms with E-state index in [1.54, 1.807) is 4.90 Å². The number of aromatic nitrogens is 2. The van der Waals surface area contributed by atoms with Crippen molar-refractivity contribution < 1.29 is 14.5 Å². The van der Waals surface area contributed by atoms with E-state index in [1.807, 2.05) is 37.3 Å². The molecular formula is C16H18N4O4. The third-order valence-corrected chi connectivity index (χ3v) is 4.11. The first-order chi connectivity index (χ1) is 11.5. The third-order valence-electron chi connectivity index (χ3n) is 4.11. The van der Waals surface area contributed by atoms with E-state index in [0.29, 0.717) is 13.2 Å². The van der Waals surface area contributed by atoms with Gasteiger partial charge in [0.1, 0.15) is 5.69 Å². The van der Waals surface area contributed by atoms with Crippen molar-refractivity contribution >= 4 is 11.6 Å². The molecule has 2 heterocycles. The van der Waals surface area contributed by atoms with Gasteiger partial charge in [-0.15, -0.1) is 0 Å². The summed E-state index contributed by atoms with van der Waals surface area (Å²) in [5.74, 6) is -0.463. The Morgan fingerprint density at radius 3 is 2.79 bits per heavy atom. The Kier molecular flexibility index (Phi) is 4.30. The van der Waals surface area contributed by atoms with Crippen LogP contribution in [-0.4, -0.2) is 45.2 Å². The van der Waals surface area contributed by atoms with Gasteiger partial charge < -0.3 is 9.64 Å². The fraction of sp³-hybridized carbons (Fsp3) is 0.375. The van der Waals surface area contributed by atoms with E-state index in [2.05, 4.69) is 10.2 Å². The Bertz CT molecular complexity index is 759. The lowest BCUT2D eigenvalue weighted by atomic mass is 10.0. The van der Waals surface area contributed by atoms with Crippen molar-refractivity contribution in [3.63, 3.8) is 0 Å². The number of nitro groups is 1. The van der Waals surface area contributed by atoms with Crippen LogP contribution >= 0.6 is 0 Å². The Morgan fingerprint density at radius 1 is 1.42 bits per heavy atom. The molecule has 126 valence electrons. The number of hydrogen-bond acceptors (Lipinski definition) is 5. The zero-order chi connectivity index (χ0) is 17.3. The summed E-state index contributed by atoms with van der Waals surface area (Å²) in [7, 11) is 0. The SMILES string of the molecule is Cc1[nH]nc(C(=O)N2CC(C)OCC2c2ccccc2)c1[N+](=O)[O-]. The van der Waals surface area contributed by atoms with Crippen LogP contribution in [0.25, 0.3) is 0 Å². The predicted molar refractivity (Wildman–Crippen MR) is 85.6 cm³/mol. The molecule has 1 aliphatic rings. The first-order valence-electron chi connectivity index (χ1n) is 7.66. The summed E-state index contributed by atoms with van der Waals surface area (Å²) in [5, 5.41) is 17.7. The molecule has 1 aromatic carbocycles. The van der Waals surface area contributed by atoms with Crippen molar-refractivity contribution in [1.82, 2.24) is 15.1 Å². The molecule has 24 heavy (non-hydrogen) atoms. The number of amides is 1. The zero-order valence-electron chi connectivity index (χ0n) is 13.4. The monoisotopic (exact) mass is 330 g/mol. The third kappa shape index (κ3) is 2.88. The molecule has 0 radical (unpaired) electrons. The average Bonchev–Trinajstić information content (AvgIpc) is 2.96. The predicted octanol–water partition coefficient (Wildman–Crippen LogP) is 2.23. The van der Waals surface area contributed by atoms with E-state index in [1.165, 1.54) is 6.92 Å². The van der Waals surface area contributed by atoms with E-state index >= 15 is 0 Å². The minimum atomic E-state index is -0.576. The van der Waals surface area contributed by atoms with Crippen LogP contribution in [0.3, 0.4) is 0 Å². The number of morpholine rings is 1. The maximum Gasteiger partial charge on any atom is 0.322 e. The van der Waals surface area contributed by atoms with Gasteiger partial charge in [-0.25, -0.2) is 0 Å². The highest BCUT2D eigenvalue weighted by atomic mass is 16.6. The van der Waals surface area contributed by atoms with Crippen molar-refractivity contribution in [3.8, 4) is 0 Å². The Labute approximate surface area is 138 Å². The number of nitrogens with zero attached hydrogens (tertiary/aromatic N) is 3. The second-order valence-electron chi connectivity index (χ2n) is 5.83. The highest BCUT2D eigenvalue weighted by molar-refractivity contribution is 5.97. The van der Waals surface area contributed by atoms with Gasteiger partial charge >= 0.3 is 5.69 Å². The van der Waals surface area contributed by atoms with Crippen LogP contribution in [0.4, 0.5) is 5.69 Å². The summed E-state index contributed by atoms with van der Waals surface area (Å²) < 4.78 is 5.69. The van der Waals surface area contributed by atoms with Gasteiger partial charge in [0, 0.05) is 6.54 Å². The number of H-pyrrole nitrogens is 1. The fourth-order valence-corrected chi connectivity index (χ4v) is 2.91. The molecule has 8 nitrogen and oxygen atoms in total. The molecule has 1 saturated heterocycles. The van der Waals surface area contributed by atoms with Gasteiger partial charge in [-0.05, 0) is 19.4 Å². The standard InChI is InChI=1S/C16H18N4O4/c1-10-8-19(13(9-24-10)12-6-4-3-5-7-12)16(21)14-15(20(22)23)11(2)17-18-14/h3-7,10,13H,8-9H2,1-2H3,(H,17,18). The number of aryl methyl sites for hydroxylation is 1. The molecule has 1 aliphatic heterocycles. The summed E-state index contributed by atoms with van der Waals surface area (Å²) in [6, 6.07) is 9.19. The van der Waals surface area contributed by atoms with E-state index in [-0.39, 0.29) is 29.2 Å². The number of hydrogen-bond donors (Lipinski definition) is 1. The van der Waals surface area contributed by atoms with Crippen molar-refractivity contribution in [1.29, 1.82) is 0 Å². The highest BCUT2D eigenvalue weighted by Gasteiger charge is 2.37. The molecule has 2 aromatic rings. The molecule has 2 atom stereocenters. The van der Waals surface area contributed by atoms with Gasteiger partial charge in [-0.1, -0.05) is 30.3 Å². The first kappa shape index (κ1) is 16.1. The molecule has 1 aromatic heterocycles. The van der Waals surface area contributed by atoms with Gasteiger partial charge in [0.15, 0.2) is 0 Å². The lowest BCUT2D eigenvalue weighted by molar-refractivity contribution is -0.385. The molecule has 0 spiro atoms. The minimum Gasteiger partial charge on any atom is -0.374 e. The fourth-order valence-electron chi connectivity index (χ4n) is 2.91. The molecule has 3 rings (SSSR count). The molecule has 1 N–H and O–H groups in total. The minimum absolute atomic E-state index is 0.145. The quantitative estimate of drug-likeness (QED) is 0.687. The van der Waals surface area contributed by atoms with E-state index in [0.717, 1.165) is 5.56 Å². The van der Waals surface area contributed by atoms with Crippen molar-refractivity contribution in [2.75, 3.05) is 13.2 Å². The smallest absolute Gasteiger partial charge is 0.322 e. The largest absolute Gasteiger partial charge is 0.374 e. The van der Waals surface area contributed by atoms with E-state index < -0.39 is 10.8 Å². The van der Waals surface area contributed by atoms with Crippen LogP contribution < -0.4 is 0 Å². The molecular weight excluding hydrogens is 312 g/mol. The molecule has 0 aliphatic carbocycles. The Hall–Kier alpha value is -2.74. The van der Waals surface area contributed by atoms with E-state index in [4.69, 9.17) is 4.74 Å². The molecule has 8 heteroatoms. The van der Waals surface area contributed by atoms with Crippen molar-refractivity contribution in [3.05, 3.63) is 57.4 Å². The summed E-state index contributed by atoms with van der Waals surface area (Å²) in [6.07, 6.45) is -0.145. The number of nitrogens with one attached hydrogen (secondary N) is 1. The van der Waals surface area contributed by atoms with Crippen molar-refractivity contribution in [2.45, 2.75) is 26.0 Å². The maximum atomic E-state index is 13.0. The Morgan fingerprint density at radius 2 is 2.12 bits per heavy atom. The Balaban J connectivity index is 1.98. The van der Waals surface area contributed by atoms with Crippen LogP contribution in [0.15, 0.2) is 30.3 Å². The molecule has 0 bridgehead atoms. The van der Waals surface area contributed by atoms with Crippen LogP contribution in [0.2, 0.25) is 0 Å². The topological polar surface area (TPSA) is 101 Å². The second kappa shape index (κ2) is 6.40. The number of rotatable bonds is 3. The van der Waals surface area contributed by atoms with Crippen LogP contribution in [0, 0.1) is 17.0 Å². The lowest BCUT2D eigenvalue weighted by Crippen LogP contribution is -2.47. The summed E-state index contributed by atoms with van der Waals surface area (Å²) in [5.41, 5.74) is 0.757.